The van der Waals surface area contributed by atoms with Crippen LogP contribution in [-0.4, -0.2) is 98.0 Å². The molecule has 4 aromatic heterocycles. The highest BCUT2D eigenvalue weighted by Gasteiger charge is 2.33. The molecule has 0 radical (unpaired) electrons. The van der Waals surface area contributed by atoms with E-state index in [1.807, 2.05) is 78.6 Å². The number of H-pyrrole nitrogens is 2. The molecular formula is C64H69N13O11. The summed E-state index contributed by atoms with van der Waals surface area (Å²) in [5, 5.41) is 4.08. The summed E-state index contributed by atoms with van der Waals surface area (Å²) >= 11 is 0. The number of aromatic amines is 2. The van der Waals surface area contributed by atoms with Crippen LogP contribution in [0.25, 0.3) is 22.3 Å². The van der Waals surface area contributed by atoms with Gasteiger partial charge >= 0.3 is 29.4 Å². The van der Waals surface area contributed by atoms with Crippen LogP contribution in [-0.2, 0) is 63.0 Å². The van der Waals surface area contributed by atoms with Crippen molar-refractivity contribution in [2.45, 2.75) is 129 Å². The number of rotatable bonds is 13. The van der Waals surface area contributed by atoms with Gasteiger partial charge in [0, 0.05) is 50.9 Å². The van der Waals surface area contributed by atoms with Crippen LogP contribution in [0.3, 0.4) is 0 Å². The van der Waals surface area contributed by atoms with E-state index < -0.39 is 17.8 Å². The predicted octanol–water partition coefficient (Wildman–Crippen LogP) is 8.00. The van der Waals surface area contributed by atoms with E-state index in [0.717, 1.165) is 70.2 Å². The number of hydroxylamine groups is 2. The van der Waals surface area contributed by atoms with E-state index in [1.54, 1.807) is 11.5 Å². The zero-order chi connectivity index (χ0) is 61.3. The van der Waals surface area contributed by atoms with Crippen LogP contribution in [0.15, 0.2) is 119 Å². The van der Waals surface area contributed by atoms with Crippen molar-refractivity contribution in [1.82, 2.24) is 54.3 Å². The zero-order valence-corrected chi connectivity index (χ0v) is 49.0. The molecule has 0 atom stereocenters. The molecule has 8 bridgehead atoms. The van der Waals surface area contributed by atoms with Gasteiger partial charge in [0.05, 0.1) is 26.3 Å². The Kier molecular flexibility index (Phi) is 18.3. The highest BCUT2D eigenvalue weighted by molar-refractivity contribution is 6.01. The lowest BCUT2D eigenvalue weighted by Gasteiger charge is -2.22. The number of nitrogens with one attached hydrogen (secondary N) is 3. The summed E-state index contributed by atoms with van der Waals surface area (Å²) in [6, 6.07) is 29.5. The Labute approximate surface area is 505 Å². The second kappa shape index (κ2) is 27.1. The highest BCUT2D eigenvalue weighted by atomic mass is 16.7. The number of ether oxygens (including phenoxy) is 4. The van der Waals surface area contributed by atoms with E-state index in [0.29, 0.717) is 104 Å². The van der Waals surface area contributed by atoms with E-state index in [1.165, 1.54) is 23.0 Å². The molecule has 8 aromatic rings. The number of hydrogen-bond donors (Lipinski definition) is 5. The SMILES string of the molecule is CCC(=O)N(Cc1ccc(Oc2ccc3cc2C/C=C/CCOc2nc(N)c4[nH]c(=O)n(c4n2)C3)cc1)C1CC1.CCC(=O)ON1C(=O)CCC1=O.Nc1nc2nc3c1[nH]c(=O)n3Cc1ccc(Oc3ccc(CNC4CC4)cc3)c(c1)C/C=C/CCO2. The summed E-state index contributed by atoms with van der Waals surface area (Å²) in [4.78, 5) is 99.5. The van der Waals surface area contributed by atoms with Gasteiger partial charge in [-0.2, -0.15) is 19.9 Å². The van der Waals surface area contributed by atoms with Gasteiger partial charge in [-0.1, -0.05) is 74.5 Å². The number of imidazole rings is 2. The molecule has 24 nitrogen and oxygen atoms in total. The predicted molar refractivity (Wildman–Crippen MR) is 326 cm³/mol. The quantitative estimate of drug-likeness (QED) is 0.0539. The van der Waals surface area contributed by atoms with Crippen molar-refractivity contribution in [2.24, 2.45) is 0 Å². The van der Waals surface area contributed by atoms with Gasteiger partial charge in [-0.3, -0.25) is 23.5 Å². The molecule has 456 valence electrons. The first-order chi connectivity index (χ1) is 42.7. The second-order valence-electron chi connectivity index (χ2n) is 21.9. The number of benzene rings is 4. The maximum atomic E-state index is 12.8. The number of nitrogens with two attached hydrogens (primary N) is 2. The number of fused-ring (bicyclic) bond motifs is 6. The molecule has 7 N–H and O–H groups in total. The van der Waals surface area contributed by atoms with Crippen molar-refractivity contribution < 1.29 is 43.0 Å². The molecule has 3 fully saturated rings. The number of carbonyl (C=O) groups is 4. The normalized spacial score (nSPS) is 16.2. The lowest BCUT2D eigenvalue weighted by Crippen LogP contribution is -2.31. The van der Waals surface area contributed by atoms with Crippen LogP contribution in [0.1, 0.15) is 111 Å². The number of hydrogen-bond acceptors (Lipinski definition) is 18. The fourth-order valence-electron chi connectivity index (χ4n) is 10.1. The Balaban J connectivity index is 0.000000154. The Hall–Kier alpha value is -10.1. The maximum absolute atomic E-state index is 12.8. The molecule has 3 amide bonds. The van der Waals surface area contributed by atoms with Gasteiger partial charge in [0.1, 0.15) is 34.0 Å². The average molecular weight is 1200 g/mol. The van der Waals surface area contributed by atoms with Crippen LogP contribution in [0.4, 0.5) is 11.6 Å². The summed E-state index contributed by atoms with van der Waals surface area (Å²) in [5.74, 6) is 2.14. The summed E-state index contributed by atoms with van der Waals surface area (Å²) < 4.78 is 27.1. The number of nitrogens with zero attached hydrogens (tertiary/aromatic N) is 8. The van der Waals surface area contributed by atoms with E-state index in [4.69, 9.17) is 30.4 Å². The molecule has 24 heteroatoms. The van der Waals surface area contributed by atoms with E-state index in [2.05, 4.69) is 82.6 Å². The van der Waals surface area contributed by atoms with Crippen molar-refractivity contribution in [3.05, 3.63) is 164 Å². The summed E-state index contributed by atoms with van der Waals surface area (Å²) in [7, 11) is 0. The molecule has 1 saturated heterocycles. The van der Waals surface area contributed by atoms with E-state index in [-0.39, 0.29) is 60.2 Å². The Morgan fingerprint density at radius 1 is 0.636 bits per heavy atom. The van der Waals surface area contributed by atoms with E-state index >= 15 is 0 Å². The fraction of sp³-hybridized carbons (Fsp3) is 0.344. The van der Waals surface area contributed by atoms with Crippen molar-refractivity contribution in [3.8, 4) is 35.0 Å². The molecule has 4 aromatic carbocycles. The van der Waals surface area contributed by atoms with Crippen LogP contribution >= 0.6 is 0 Å². The standard InChI is InChI=1S/C30H32N6O4.C27H28N6O3.C7H9NO4/c1-2-25(37)35(22-10-11-22)17-19-7-12-23(13-8-19)40-24-14-9-20-16-21(24)6-4-3-5-15-39-29-33-27(31)26-28(34-29)36(18-20)30(38)32-26;28-24-23-25-32-26(31-24)35-13-3-1-2-4-19-14-18(16-33(25)27(34)30-23)7-12-22(19)36-21-10-5-17(6-11-21)15-29-20-8-9-20;1-2-7(11)12-8-5(9)3-4-6(8)10/h3-4,7-9,12-14,16,22H,2,5-6,10-11,15,17-18H2,1H3,(H,32,38)(H2,31,33,34);1-2,5-7,10-12,14,20,29H,3-4,8-9,13,15-16H2,(H,30,34)(H2,28,31,32);2-4H2,1H3/b4-3+;2-1+;. The monoisotopic (exact) mass is 1200 g/mol. The molecule has 5 aliphatic rings. The minimum absolute atomic E-state index is 0.135. The van der Waals surface area contributed by atoms with E-state index in [9.17, 15) is 28.8 Å². The lowest BCUT2D eigenvalue weighted by molar-refractivity contribution is -0.197. The van der Waals surface area contributed by atoms with Crippen LogP contribution in [0.2, 0.25) is 0 Å². The largest absolute Gasteiger partial charge is 0.463 e. The first kappa shape index (κ1) is 59.6. The van der Waals surface area contributed by atoms with Gasteiger partial charge in [-0.25, -0.2) is 14.4 Å². The van der Waals surface area contributed by atoms with Crippen LogP contribution in [0.5, 0.6) is 35.0 Å². The molecule has 2 aliphatic carbocycles. The number of allylic oxidation sites excluding steroid dienone is 2. The molecule has 13 rings (SSSR count). The molecule has 88 heavy (non-hydrogen) atoms. The average Bonchev–Trinajstić information content (AvgIpc) is 1.97. The van der Waals surface area contributed by atoms with Gasteiger partial charge in [0.2, 0.25) is 5.91 Å². The van der Waals surface area contributed by atoms with Gasteiger partial charge in [-0.15, -0.1) is 5.06 Å². The summed E-state index contributed by atoms with van der Waals surface area (Å²) in [6.45, 7) is 6.42. The molecule has 0 unspecified atom stereocenters. The number of amides is 3. The molecular weight excluding hydrogens is 1130 g/mol. The number of imide groups is 1. The third kappa shape index (κ3) is 14.8. The van der Waals surface area contributed by atoms with Gasteiger partial charge in [0.15, 0.2) is 22.9 Å². The Morgan fingerprint density at radius 2 is 1.14 bits per heavy atom. The topological polar surface area (TPSA) is 312 Å². The summed E-state index contributed by atoms with van der Waals surface area (Å²) in [5.41, 5.74) is 19.4. The third-order valence-electron chi connectivity index (χ3n) is 15.2. The van der Waals surface area contributed by atoms with Crippen molar-refractivity contribution >= 4 is 57.7 Å². The summed E-state index contributed by atoms with van der Waals surface area (Å²) in [6.07, 6.45) is 16.7. The van der Waals surface area contributed by atoms with Crippen molar-refractivity contribution in [3.63, 3.8) is 0 Å². The van der Waals surface area contributed by atoms with Gasteiger partial charge < -0.3 is 55.4 Å². The molecule has 7 heterocycles. The van der Waals surface area contributed by atoms with Gasteiger partial charge in [-0.05, 0) is 133 Å². The van der Waals surface area contributed by atoms with Crippen molar-refractivity contribution in [2.75, 3.05) is 24.7 Å². The lowest BCUT2D eigenvalue weighted by atomic mass is 10.1. The Morgan fingerprint density at radius 3 is 1.60 bits per heavy atom. The maximum Gasteiger partial charge on any atom is 0.332 e. The molecule has 3 aliphatic heterocycles. The van der Waals surface area contributed by atoms with Crippen LogP contribution < -0.4 is 47.1 Å². The number of carbonyl (C=O) groups excluding carboxylic acids is 4. The van der Waals surface area contributed by atoms with Gasteiger partial charge in [0.25, 0.3) is 11.8 Å². The Bertz CT molecular complexity index is 4050. The highest BCUT2D eigenvalue weighted by Crippen LogP contribution is 2.33. The number of nitrogen functional groups attached to an aromatic ring is 2. The third-order valence-corrected chi connectivity index (χ3v) is 15.2. The number of anilines is 2. The molecule has 2 saturated carbocycles. The first-order valence-electron chi connectivity index (χ1n) is 29.7. The number of aromatic nitrogens is 8. The molecule has 0 spiro atoms. The minimum Gasteiger partial charge on any atom is -0.463 e. The van der Waals surface area contributed by atoms with Crippen molar-refractivity contribution in [1.29, 1.82) is 0 Å². The second-order valence-corrected chi connectivity index (χ2v) is 21.9. The zero-order valence-electron chi connectivity index (χ0n) is 49.0. The minimum atomic E-state index is -0.571. The smallest absolute Gasteiger partial charge is 0.332 e. The van der Waals surface area contributed by atoms with Crippen LogP contribution in [0, 0.1) is 0 Å². The first-order valence-corrected chi connectivity index (χ1v) is 29.7. The fourth-order valence-corrected chi connectivity index (χ4v) is 10.1.